The average molecular weight is 255 g/mol. The van der Waals surface area contributed by atoms with Gasteiger partial charge in [0.05, 0.1) is 6.04 Å². The summed E-state index contributed by atoms with van der Waals surface area (Å²) in [5, 5.41) is 6.28. The Morgan fingerprint density at radius 3 is 2.44 bits per heavy atom. The fourth-order valence-corrected chi connectivity index (χ4v) is 2.20. The van der Waals surface area contributed by atoms with Gasteiger partial charge in [0.1, 0.15) is 0 Å². The van der Waals surface area contributed by atoms with Crippen LogP contribution in [-0.2, 0) is 4.79 Å². The van der Waals surface area contributed by atoms with Crippen LogP contribution in [0.1, 0.15) is 47.0 Å². The van der Waals surface area contributed by atoms with E-state index in [9.17, 15) is 4.79 Å². The van der Waals surface area contributed by atoms with E-state index in [0.717, 1.165) is 19.5 Å². The van der Waals surface area contributed by atoms with Crippen LogP contribution in [0.25, 0.3) is 0 Å². The van der Waals surface area contributed by atoms with Crippen LogP contribution < -0.4 is 10.6 Å². The number of carbonyl (C=O) groups is 1. The third kappa shape index (κ3) is 6.36. The average Bonchev–Trinajstić information content (AvgIpc) is 2.74. The third-order valence-corrected chi connectivity index (χ3v) is 3.19. The zero-order valence-corrected chi connectivity index (χ0v) is 12.4. The van der Waals surface area contributed by atoms with Gasteiger partial charge >= 0.3 is 0 Å². The molecule has 1 saturated heterocycles. The molecule has 0 aromatic carbocycles. The number of amides is 1. The van der Waals surface area contributed by atoms with Crippen LogP contribution in [-0.4, -0.2) is 48.6 Å². The van der Waals surface area contributed by atoms with Gasteiger partial charge in [-0.05, 0) is 73.1 Å². The number of hydrogen-bond donors (Lipinski definition) is 2. The molecule has 0 aromatic heterocycles. The normalized spacial score (nSPS) is 18.9. The Morgan fingerprint density at radius 1 is 1.28 bits per heavy atom. The van der Waals surface area contributed by atoms with Crippen LogP contribution in [0.4, 0.5) is 0 Å². The molecule has 0 spiro atoms. The van der Waals surface area contributed by atoms with E-state index in [4.69, 9.17) is 0 Å². The minimum Gasteiger partial charge on any atom is -0.350 e. The van der Waals surface area contributed by atoms with Gasteiger partial charge in [0.15, 0.2) is 0 Å². The van der Waals surface area contributed by atoms with Crippen molar-refractivity contribution < 1.29 is 4.79 Å². The molecular formula is C14H29N3O. The quantitative estimate of drug-likeness (QED) is 0.705. The Balaban J connectivity index is 2.08. The van der Waals surface area contributed by atoms with Crippen molar-refractivity contribution in [3.05, 3.63) is 0 Å². The van der Waals surface area contributed by atoms with E-state index in [1.54, 1.807) is 0 Å². The Labute approximate surface area is 111 Å². The molecule has 1 heterocycles. The van der Waals surface area contributed by atoms with Crippen LogP contribution in [0.5, 0.6) is 0 Å². The summed E-state index contributed by atoms with van der Waals surface area (Å²) in [6.07, 6.45) is 3.81. The molecule has 1 aliphatic rings. The first-order valence-electron chi connectivity index (χ1n) is 7.16. The van der Waals surface area contributed by atoms with Gasteiger partial charge in [0.25, 0.3) is 0 Å². The lowest BCUT2D eigenvalue weighted by molar-refractivity contribution is -0.124. The lowest BCUT2D eigenvalue weighted by Crippen LogP contribution is -2.49. The van der Waals surface area contributed by atoms with Crippen LogP contribution in [0.2, 0.25) is 0 Å². The smallest absolute Gasteiger partial charge is 0.237 e. The molecule has 106 valence electrons. The number of nitrogens with one attached hydrogen (secondary N) is 2. The molecule has 0 aromatic rings. The zero-order chi connectivity index (χ0) is 13.6. The van der Waals surface area contributed by atoms with E-state index in [0.29, 0.717) is 0 Å². The topological polar surface area (TPSA) is 44.4 Å². The second kappa shape index (κ2) is 7.10. The molecule has 1 fully saturated rings. The standard InChI is InChI=1S/C14H29N3O/c1-12(13(18)16-14(2,3)4)15-8-7-11-17-9-5-6-10-17/h12,15H,5-11H2,1-4H3,(H,16,18). The highest BCUT2D eigenvalue weighted by atomic mass is 16.2. The van der Waals surface area contributed by atoms with Gasteiger partial charge < -0.3 is 15.5 Å². The van der Waals surface area contributed by atoms with Crippen LogP contribution in [0.15, 0.2) is 0 Å². The van der Waals surface area contributed by atoms with Gasteiger partial charge in [-0.3, -0.25) is 4.79 Å². The largest absolute Gasteiger partial charge is 0.350 e. The van der Waals surface area contributed by atoms with Crippen molar-refractivity contribution in [1.29, 1.82) is 0 Å². The SMILES string of the molecule is CC(NCCCN1CCCC1)C(=O)NC(C)(C)C. The first kappa shape index (κ1) is 15.4. The first-order chi connectivity index (χ1) is 8.38. The van der Waals surface area contributed by atoms with E-state index in [-0.39, 0.29) is 17.5 Å². The lowest BCUT2D eigenvalue weighted by atomic mass is 10.1. The van der Waals surface area contributed by atoms with Crippen molar-refractivity contribution >= 4 is 5.91 Å². The summed E-state index contributed by atoms with van der Waals surface area (Å²) in [7, 11) is 0. The van der Waals surface area contributed by atoms with E-state index in [1.807, 2.05) is 27.7 Å². The lowest BCUT2D eigenvalue weighted by Gasteiger charge is -2.24. The number of likely N-dealkylation sites (tertiary alicyclic amines) is 1. The molecule has 0 radical (unpaired) electrons. The fourth-order valence-electron chi connectivity index (χ4n) is 2.20. The molecule has 0 aliphatic carbocycles. The second-order valence-electron chi connectivity index (χ2n) is 6.32. The molecule has 0 bridgehead atoms. The summed E-state index contributed by atoms with van der Waals surface area (Å²) >= 11 is 0. The van der Waals surface area contributed by atoms with Gasteiger partial charge in [-0.1, -0.05) is 0 Å². The zero-order valence-electron chi connectivity index (χ0n) is 12.4. The highest BCUT2D eigenvalue weighted by Crippen LogP contribution is 2.07. The molecular weight excluding hydrogens is 226 g/mol. The Kier molecular flexibility index (Phi) is 6.09. The fraction of sp³-hybridized carbons (Fsp3) is 0.929. The van der Waals surface area contributed by atoms with E-state index in [2.05, 4.69) is 15.5 Å². The van der Waals surface area contributed by atoms with Gasteiger partial charge in [0.2, 0.25) is 5.91 Å². The van der Waals surface area contributed by atoms with Crippen LogP contribution in [0, 0.1) is 0 Å². The molecule has 1 rings (SSSR count). The van der Waals surface area contributed by atoms with E-state index < -0.39 is 0 Å². The number of hydrogen-bond acceptors (Lipinski definition) is 3. The Hall–Kier alpha value is -0.610. The maximum Gasteiger partial charge on any atom is 0.237 e. The summed E-state index contributed by atoms with van der Waals surface area (Å²) in [5.41, 5.74) is -0.150. The molecule has 4 nitrogen and oxygen atoms in total. The van der Waals surface area contributed by atoms with Crippen molar-refractivity contribution in [2.45, 2.75) is 58.5 Å². The molecule has 2 N–H and O–H groups in total. The first-order valence-corrected chi connectivity index (χ1v) is 7.16. The number of rotatable bonds is 6. The van der Waals surface area contributed by atoms with Crippen LogP contribution in [0.3, 0.4) is 0 Å². The summed E-state index contributed by atoms with van der Waals surface area (Å²) < 4.78 is 0. The van der Waals surface area contributed by atoms with E-state index in [1.165, 1.54) is 25.9 Å². The summed E-state index contributed by atoms with van der Waals surface area (Å²) in [4.78, 5) is 14.3. The molecule has 1 amide bonds. The molecule has 1 aliphatic heterocycles. The van der Waals surface area contributed by atoms with Crippen molar-refractivity contribution in [1.82, 2.24) is 15.5 Å². The van der Waals surface area contributed by atoms with Gasteiger partial charge in [-0.2, -0.15) is 0 Å². The van der Waals surface area contributed by atoms with Gasteiger partial charge in [-0.15, -0.1) is 0 Å². The second-order valence-corrected chi connectivity index (χ2v) is 6.32. The molecule has 18 heavy (non-hydrogen) atoms. The van der Waals surface area contributed by atoms with Crippen molar-refractivity contribution in [3.8, 4) is 0 Å². The molecule has 1 atom stereocenters. The van der Waals surface area contributed by atoms with Gasteiger partial charge in [0, 0.05) is 5.54 Å². The molecule has 0 saturated carbocycles. The highest BCUT2D eigenvalue weighted by Gasteiger charge is 2.18. The van der Waals surface area contributed by atoms with Crippen LogP contribution >= 0.6 is 0 Å². The number of carbonyl (C=O) groups excluding carboxylic acids is 1. The van der Waals surface area contributed by atoms with Crippen molar-refractivity contribution in [3.63, 3.8) is 0 Å². The Morgan fingerprint density at radius 2 is 1.89 bits per heavy atom. The molecule has 1 unspecified atom stereocenters. The maximum absolute atomic E-state index is 11.8. The van der Waals surface area contributed by atoms with E-state index >= 15 is 0 Å². The van der Waals surface area contributed by atoms with Gasteiger partial charge in [-0.25, -0.2) is 0 Å². The minimum absolute atomic E-state index is 0.0867. The highest BCUT2D eigenvalue weighted by molar-refractivity contribution is 5.81. The predicted molar refractivity (Wildman–Crippen MR) is 75.7 cm³/mol. The summed E-state index contributed by atoms with van der Waals surface area (Å²) in [6.45, 7) is 12.5. The monoisotopic (exact) mass is 255 g/mol. The van der Waals surface area contributed by atoms with Crippen molar-refractivity contribution in [2.75, 3.05) is 26.2 Å². The summed E-state index contributed by atoms with van der Waals surface area (Å²) in [6, 6.07) is -0.109. The van der Waals surface area contributed by atoms with Crippen molar-refractivity contribution in [2.24, 2.45) is 0 Å². The third-order valence-electron chi connectivity index (χ3n) is 3.19. The Bertz CT molecular complexity index is 254. The molecule has 4 heteroatoms. The predicted octanol–water partition coefficient (Wildman–Crippen LogP) is 1.37. The minimum atomic E-state index is -0.150. The summed E-state index contributed by atoms with van der Waals surface area (Å²) in [5.74, 6) is 0.0867. The number of nitrogens with zero attached hydrogens (tertiary/aromatic N) is 1. The maximum atomic E-state index is 11.8.